The average Bonchev–Trinajstić information content (AvgIpc) is 2.73. The lowest BCUT2D eigenvalue weighted by Crippen LogP contribution is -2.48. The zero-order valence-corrected chi connectivity index (χ0v) is 15.4. The SMILES string of the molecule is COc1ccc2c(c1)C[C@@H](C(=O)N1CCC(O)(c3cccnc3)CC1)CO2. The molecule has 1 amide bonds. The van der Waals surface area contributed by atoms with E-state index in [9.17, 15) is 9.90 Å². The van der Waals surface area contributed by atoms with Crippen LogP contribution in [0.5, 0.6) is 11.5 Å². The predicted molar refractivity (Wildman–Crippen MR) is 99.6 cm³/mol. The number of carbonyl (C=O) groups is 1. The van der Waals surface area contributed by atoms with Crippen molar-refractivity contribution in [3.05, 3.63) is 53.9 Å². The zero-order chi connectivity index (χ0) is 18.9. The number of fused-ring (bicyclic) bond motifs is 1. The van der Waals surface area contributed by atoms with Gasteiger partial charge in [-0.15, -0.1) is 0 Å². The highest BCUT2D eigenvalue weighted by atomic mass is 16.5. The van der Waals surface area contributed by atoms with Crippen molar-refractivity contribution >= 4 is 5.91 Å². The van der Waals surface area contributed by atoms with E-state index in [1.807, 2.05) is 35.2 Å². The number of amides is 1. The summed E-state index contributed by atoms with van der Waals surface area (Å²) in [6.07, 6.45) is 5.08. The highest BCUT2D eigenvalue weighted by Crippen LogP contribution is 2.35. The fourth-order valence-corrected chi connectivity index (χ4v) is 3.94. The first-order valence-corrected chi connectivity index (χ1v) is 9.30. The molecule has 6 nitrogen and oxygen atoms in total. The normalized spacial score (nSPS) is 21.1. The van der Waals surface area contributed by atoms with Gasteiger partial charge in [-0.1, -0.05) is 6.07 Å². The Morgan fingerprint density at radius 1 is 1.33 bits per heavy atom. The average molecular weight is 368 g/mol. The number of nitrogens with zero attached hydrogens (tertiary/aromatic N) is 2. The minimum absolute atomic E-state index is 0.0942. The number of rotatable bonds is 3. The first-order valence-electron chi connectivity index (χ1n) is 9.30. The van der Waals surface area contributed by atoms with Crippen molar-refractivity contribution in [1.29, 1.82) is 0 Å². The molecule has 2 aliphatic heterocycles. The van der Waals surface area contributed by atoms with Gasteiger partial charge in [0.15, 0.2) is 0 Å². The quantitative estimate of drug-likeness (QED) is 0.899. The van der Waals surface area contributed by atoms with Crippen molar-refractivity contribution in [2.45, 2.75) is 24.9 Å². The van der Waals surface area contributed by atoms with Crippen LogP contribution in [0.25, 0.3) is 0 Å². The summed E-state index contributed by atoms with van der Waals surface area (Å²) in [5.74, 6) is 1.49. The molecule has 4 rings (SSSR count). The number of aromatic nitrogens is 1. The number of aliphatic hydroxyl groups is 1. The summed E-state index contributed by atoms with van der Waals surface area (Å²) in [6, 6.07) is 9.42. The molecule has 2 aromatic rings. The third kappa shape index (κ3) is 3.49. The number of hydrogen-bond acceptors (Lipinski definition) is 5. The second kappa shape index (κ2) is 7.19. The summed E-state index contributed by atoms with van der Waals surface area (Å²) in [5, 5.41) is 10.9. The van der Waals surface area contributed by atoms with E-state index in [2.05, 4.69) is 4.98 Å². The Hall–Kier alpha value is -2.60. The van der Waals surface area contributed by atoms with Crippen LogP contribution < -0.4 is 9.47 Å². The van der Waals surface area contributed by atoms with Gasteiger partial charge >= 0.3 is 0 Å². The van der Waals surface area contributed by atoms with Crippen LogP contribution >= 0.6 is 0 Å². The van der Waals surface area contributed by atoms with E-state index in [1.54, 1.807) is 19.5 Å². The molecule has 2 aliphatic rings. The van der Waals surface area contributed by atoms with Gasteiger partial charge in [0.05, 0.1) is 18.6 Å². The van der Waals surface area contributed by atoms with E-state index in [-0.39, 0.29) is 11.8 Å². The first kappa shape index (κ1) is 17.8. The van der Waals surface area contributed by atoms with Gasteiger partial charge in [-0.05, 0) is 49.1 Å². The van der Waals surface area contributed by atoms with Crippen molar-refractivity contribution in [2.75, 3.05) is 26.8 Å². The van der Waals surface area contributed by atoms with E-state index < -0.39 is 5.60 Å². The Labute approximate surface area is 158 Å². The maximum atomic E-state index is 13.0. The van der Waals surface area contributed by atoms with Crippen LogP contribution in [0.4, 0.5) is 0 Å². The molecule has 1 N–H and O–H groups in total. The maximum absolute atomic E-state index is 13.0. The number of likely N-dealkylation sites (tertiary alicyclic amines) is 1. The van der Waals surface area contributed by atoms with E-state index >= 15 is 0 Å². The summed E-state index contributed by atoms with van der Waals surface area (Å²) in [6.45, 7) is 1.46. The van der Waals surface area contributed by atoms with Crippen LogP contribution in [-0.4, -0.2) is 47.7 Å². The highest BCUT2D eigenvalue weighted by molar-refractivity contribution is 5.80. The molecule has 0 unspecified atom stereocenters. The molecule has 1 aromatic heterocycles. The summed E-state index contributed by atoms with van der Waals surface area (Å²) in [5.41, 5.74) is 0.913. The van der Waals surface area contributed by atoms with E-state index in [0.717, 1.165) is 22.6 Å². The molecule has 6 heteroatoms. The van der Waals surface area contributed by atoms with Gasteiger partial charge in [-0.3, -0.25) is 9.78 Å². The van der Waals surface area contributed by atoms with Gasteiger partial charge in [0.1, 0.15) is 18.1 Å². The summed E-state index contributed by atoms with van der Waals surface area (Å²) in [7, 11) is 1.63. The lowest BCUT2D eigenvalue weighted by atomic mass is 9.84. The molecule has 0 spiro atoms. The molecule has 1 atom stereocenters. The summed E-state index contributed by atoms with van der Waals surface area (Å²) < 4.78 is 11.1. The second-order valence-corrected chi connectivity index (χ2v) is 7.28. The smallest absolute Gasteiger partial charge is 0.229 e. The van der Waals surface area contributed by atoms with E-state index in [4.69, 9.17) is 9.47 Å². The molecule has 1 saturated heterocycles. The van der Waals surface area contributed by atoms with Gasteiger partial charge in [0, 0.05) is 31.0 Å². The summed E-state index contributed by atoms with van der Waals surface area (Å²) >= 11 is 0. The van der Waals surface area contributed by atoms with Crippen molar-refractivity contribution in [2.24, 2.45) is 5.92 Å². The molecule has 27 heavy (non-hydrogen) atoms. The van der Waals surface area contributed by atoms with Crippen molar-refractivity contribution < 1.29 is 19.4 Å². The number of hydrogen-bond donors (Lipinski definition) is 1. The zero-order valence-electron chi connectivity index (χ0n) is 15.4. The molecule has 1 fully saturated rings. The Kier molecular flexibility index (Phi) is 4.74. The molecule has 0 bridgehead atoms. The molecular weight excluding hydrogens is 344 g/mol. The Balaban J connectivity index is 1.41. The maximum Gasteiger partial charge on any atom is 0.229 e. The van der Waals surface area contributed by atoms with Crippen LogP contribution in [0.1, 0.15) is 24.0 Å². The van der Waals surface area contributed by atoms with Gasteiger partial charge in [0.2, 0.25) is 5.91 Å². The van der Waals surface area contributed by atoms with Crippen molar-refractivity contribution in [3.8, 4) is 11.5 Å². The van der Waals surface area contributed by atoms with Crippen LogP contribution in [0.2, 0.25) is 0 Å². The predicted octanol–water partition coefficient (Wildman–Crippen LogP) is 2.15. The molecule has 0 radical (unpaired) electrons. The third-order valence-corrected chi connectivity index (χ3v) is 5.62. The topological polar surface area (TPSA) is 71.9 Å². The number of methoxy groups -OCH3 is 1. The lowest BCUT2D eigenvalue weighted by molar-refractivity contribution is -0.141. The lowest BCUT2D eigenvalue weighted by Gasteiger charge is -2.40. The van der Waals surface area contributed by atoms with Crippen molar-refractivity contribution in [3.63, 3.8) is 0 Å². The first-order chi connectivity index (χ1) is 13.1. The fourth-order valence-electron chi connectivity index (χ4n) is 3.94. The molecule has 0 aliphatic carbocycles. The molecule has 142 valence electrons. The van der Waals surface area contributed by atoms with E-state index in [0.29, 0.717) is 39.0 Å². The Morgan fingerprint density at radius 2 is 2.15 bits per heavy atom. The number of benzene rings is 1. The van der Waals surface area contributed by atoms with Crippen LogP contribution in [0, 0.1) is 5.92 Å². The van der Waals surface area contributed by atoms with Crippen LogP contribution in [0.3, 0.4) is 0 Å². The molecule has 0 saturated carbocycles. The highest BCUT2D eigenvalue weighted by Gasteiger charge is 2.38. The monoisotopic (exact) mass is 368 g/mol. The van der Waals surface area contributed by atoms with Gasteiger partial charge in [-0.25, -0.2) is 0 Å². The fraction of sp³-hybridized carbons (Fsp3) is 0.429. The third-order valence-electron chi connectivity index (χ3n) is 5.62. The van der Waals surface area contributed by atoms with Gasteiger partial charge < -0.3 is 19.5 Å². The Morgan fingerprint density at radius 3 is 2.85 bits per heavy atom. The number of ether oxygens (including phenoxy) is 2. The molecule has 1 aromatic carbocycles. The minimum atomic E-state index is -0.909. The Bertz CT molecular complexity index is 816. The summed E-state index contributed by atoms with van der Waals surface area (Å²) in [4.78, 5) is 18.9. The van der Waals surface area contributed by atoms with Gasteiger partial charge in [0.25, 0.3) is 0 Å². The molecular formula is C21H24N2O4. The van der Waals surface area contributed by atoms with Gasteiger partial charge in [-0.2, -0.15) is 0 Å². The minimum Gasteiger partial charge on any atom is -0.497 e. The van der Waals surface area contributed by atoms with E-state index in [1.165, 1.54) is 0 Å². The second-order valence-electron chi connectivity index (χ2n) is 7.28. The van der Waals surface area contributed by atoms with Crippen molar-refractivity contribution in [1.82, 2.24) is 9.88 Å². The number of carbonyl (C=O) groups excluding carboxylic acids is 1. The standard InChI is InChI=1S/C21H24N2O4/c1-26-18-4-5-19-15(12-18)11-16(14-27-19)20(24)23-9-6-21(25,7-10-23)17-3-2-8-22-13-17/h2-5,8,12-13,16,25H,6-7,9-11,14H2,1H3/t16-/m1/s1. The largest absolute Gasteiger partial charge is 0.497 e. The molecule has 3 heterocycles. The number of piperidine rings is 1. The van der Waals surface area contributed by atoms with Crippen LogP contribution in [0.15, 0.2) is 42.7 Å². The van der Waals surface area contributed by atoms with Crippen LogP contribution in [-0.2, 0) is 16.8 Å². The number of pyridine rings is 1.